The minimum absolute atomic E-state index is 0.0309. The van der Waals surface area contributed by atoms with E-state index in [1.165, 1.54) is 67.6 Å². The van der Waals surface area contributed by atoms with Crippen LogP contribution >= 0.6 is 33.2 Å². The van der Waals surface area contributed by atoms with Crippen molar-refractivity contribution in [3.8, 4) is 11.5 Å². The van der Waals surface area contributed by atoms with E-state index in [4.69, 9.17) is 39.3 Å². The van der Waals surface area contributed by atoms with E-state index in [0.717, 1.165) is 27.2 Å². The van der Waals surface area contributed by atoms with E-state index in [2.05, 4.69) is 37.2 Å². The maximum atomic E-state index is 14.8. The first-order valence-corrected chi connectivity index (χ1v) is 28.6. The number of nitrogens with two attached hydrogens (primary N) is 4. The Balaban J connectivity index is 1.37. The number of phenolic OH excluding ortho intramolecular Hbond substituents is 2. The number of halogens is 1. The van der Waals surface area contributed by atoms with Crippen LogP contribution in [-0.4, -0.2) is 147 Å². The number of benzene rings is 4. The van der Waals surface area contributed by atoms with Crippen LogP contribution in [-0.2, 0) is 64.0 Å². The maximum absolute atomic E-state index is 14.8. The molecule has 2 aliphatic rings. The van der Waals surface area contributed by atoms with E-state index >= 15 is 0 Å². The van der Waals surface area contributed by atoms with Crippen molar-refractivity contribution in [1.82, 2.24) is 37.2 Å². The maximum Gasteiger partial charge on any atom is 0.248 e. The molecule has 0 radical (unpaired) electrons. The molecule has 26 heteroatoms. The highest BCUT2D eigenvalue weighted by molar-refractivity contribution is 8.76. The molecule has 0 aromatic heterocycles. The fourth-order valence-electron chi connectivity index (χ4n) is 8.59. The molecule has 6 rings (SSSR count). The summed E-state index contributed by atoms with van der Waals surface area (Å²) in [6.07, 6.45) is -2.28. The van der Waals surface area contributed by atoms with Crippen LogP contribution in [0.5, 0.6) is 11.5 Å². The van der Waals surface area contributed by atoms with Crippen LogP contribution in [0.25, 0.3) is 0 Å². The molecular weight excluding hydrogens is 1090 g/mol. The minimum Gasteiger partial charge on any atom is -0.508 e. The molecular formula is C54H68ClN11O12S2. The van der Waals surface area contributed by atoms with Crippen LogP contribution in [0.4, 0.5) is 0 Å². The molecule has 23 nitrogen and oxygen atoms in total. The number of phenols is 2. The van der Waals surface area contributed by atoms with Gasteiger partial charge in [-0.05, 0) is 110 Å². The van der Waals surface area contributed by atoms with Gasteiger partial charge in [0.1, 0.15) is 60.1 Å². The zero-order chi connectivity index (χ0) is 58.0. The van der Waals surface area contributed by atoms with Crippen molar-refractivity contribution in [2.75, 3.05) is 18.1 Å². The van der Waals surface area contributed by atoms with Gasteiger partial charge in [-0.1, -0.05) is 81.7 Å². The summed E-state index contributed by atoms with van der Waals surface area (Å²) in [7, 11) is 2.13. The Hall–Kier alpha value is -6.97. The molecule has 2 aliphatic heterocycles. The van der Waals surface area contributed by atoms with E-state index in [0.29, 0.717) is 41.0 Å². The second-order valence-corrected chi connectivity index (χ2v) is 22.5. The third kappa shape index (κ3) is 19.1. The Morgan fingerprint density at radius 2 is 1.19 bits per heavy atom. The van der Waals surface area contributed by atoms with Crippen molar-refractivity contribution in [1.29, 1.82) is 0 Å². The van der Waals surface area contributed by atoms with Gasteiger partial charge in [0, 0.05) is 47.4 Å². The average Bonchev–Trinajstić information content (AvgIpc) is 4.21. The molecule has 3 unspecified atom stereocenters. The number of rotatable bonds is 20. The molecule has 0 saturated carbocycles. The molecule has 2 heterocycles. The Labute approximate surface area is 474 Å². The molecule has 4 aromatic carbocycles. The number of ether oxygens (including phenoxy) is 1. The molecule has 4 aromatic rings. The Morgan fingerprint density at radius 3 is 1.75 bits per heavy atom. The summed E-state index contributed by atoms with van der Waals surface area (Å²) in [5.41, 5.74) is 26.2. The first-order chi connectivity index (χ1) is 38.2. The van der Waals surface area contributed by atoms with Gasteiger partial charge in [0.25, 0.3) is 0 Å². The topological polar surface area (TPSA) is 398 Å². The van der Waals surface area contributed by atoms with Gasteiger partial charge >= 0.3 is 0 Å². The number of unbranched alkanes of at least 4 members (excludes halogenated alkanes) is 1. The number of epoxide rings is 1. The highest BCUT2D eigenvalue weighted by Gasteiger charge is 2.46. The lowest BCUT2D eigenvalue weighted by molar-refractivity contribution is -0.136. The normalized spacial score (nSPS) is 23.6. The molecule has 0 spiro atoms. The fourth-order valence-corrected chi connectivity index (χ4v) is 11.1. The summed E-state index contributed by atoms with van der Waals surface area (Å²) in [6, 6.07) is 14.4. The van der Waals surface area contributed by atoms with Gasteiger partial charge in [0.05, 0.1) is 12.1 Å². The van der Waals surface area contributed by atoms with Crippen LogP contribution in [0, 0.1) is 0 Å². The van der Waals surface area contributed by atoms with Crippen molar-refractivity contribution in [3.63, 3.8) is 0 Å². The highest BCUT2D eigenvalue weighted by Crippen LogP contribution is 2.28. The van der Waals surface area contributed by atoms with Gasteiger partial charge in [-0.25, -0.2) is 0 Å². The standard InChI is InChI=1S/C54H68ClN11O12S2/c1-28(67)44-53(77)64-42(51(75)61-39(47(59)71)23-31-9-17-35(68)18-10-31)26-79-80-27-43(65-54-45(78-54)37(57)22-29-7-15-34(55)16-8-29)52(76)63-41(25-32-11-19-36(69)20-12-32)50(74)62-40(24-30-5-13-33(14-6-30)46(58)70)49(73)60-38(48(72)66-44)4-2-3-21-56/h5-20,28,37-45,54,65,67-69H,2-4,21-27,56-57H2,1H3,(H2,58,70)(H2,59,71)(H,60,73)(H,61,75)(H,62,74)(H,63,76)(H,64,77)(H,66,72)/t28-,37+,38+,39?,40-,41+,42+,43+,44+,45?,54?/m1/s1. The van der Waals surface area contributed by atoms with Gasteiger partial charge in [-0.15, -0.1) is 0 Å². The van der Waals surface area contributed by atoms with E-state index in [1.807, 2.05) is 12.1 Å². The molecule has 8 amide bonds. The van der Waals surface area contributed by atoms with Gasteiger partial charge in [-0.2, -0.15) is 0 Å². The predicted molar refractivity (Wildman–Crippen MR) is 301 cm³/mol. The number of aromatic hydroxyl groups is 2. The zero-order valence-electron chi connectivity index (χ0n) is 43.7. The minimum atomic E-state index is -1.73. The van der Waals surface area contributed by atoms with Crippen molar-refractivity contribution >= 4 is 80.4 Å². The summed E-state index contributed by atoms with van der Waals surface area (Å²) in [4.78, 5) is 112. The third-order valence-corrected chi connectivity index (χ3v) is 15.9. The Bertz CT molecular complexity index is 2780. The molecule has 18 N–H and O–H groups in total. The summed E-state index contributed by atoms with van der Waals surface area (Å²) < 4.78 is 5.97. The SMILES string of the molecule is C[C@@H](O)[C@@H]1NC(=O)[C@H](CCCCN)NC(=O)[C@@H](Cc2ccc(C(N)=O)cc2)NC(=O)[C@H](Cc2ccc(O)cc2)NC(=O)[C@@H](NC2OC2[C@@H](N)Cc2ccc(Cl)cc2)CSSC[C@@H](C(=O)NC(Cc2ccc(O)cc2)C(N)=O)NC1=O. The summed E-state index contributed by atoms with van der Waals surface area (Å²) >= 11 is 6.10. The van der Waals surface area contributed by atoms with Gasteiger partial charge in [0.2, 0.25) is 47.3 Å². The fraction of sp³-hybridized carbons (Fsp3) is 0.407. The molecule has 0 bridgehead atoms. The van der Waals surface area contributed by atoms with E-state index in [9.17, 15) is 53.7 Å². The van der Waals surface area contributed by atoms with Crippen molar-refractivity contribution in [2.45, 2.75) is 119 Å². The number of carbonyl (C=O) groups excluding carboxylic acids is 8. The van der Waals surface area contributed by atoms with Crippen LogP contribution in [0.15, 0.2) is 97.1 Å². The van der Waals surface area contributed by atoms with Gasteiger partial charge in [-0.3, -0.25) is 43.7 Å². The van der Waals surface area contributed by atoms with Crippen LogP contribution in [0.1, 0.15) is 58.8 Å². The number of carbonyl (C=O) groups is 8. The van der Waals surface area contributed by atoms with Crippen LogP contribution in [0.2, 0.25) is 5.02 Å². The van der Waals surface area contributed by atoms with E-state index in [1.54, 1.807) is 24.3 Å². The number of primary amides is 2. The highest BCUT2D eigenvalue weighted by atomic mass is 35.5. The number of hydrogen-bond acceptors (Lipinski definition) is 17. The van der Waals surface area contributed by atoms with Crippen molar-refractivity contribution in [2.24, 2.45) is 22.9 Å². The zero-order valence-corrected chi connectivity index (χ0v) is 46.1. The van der Waals surface area contributed by atoms with Gasteiger partial charge in [0.15, 0.2) is 0 Å². The van der Waals surface area contributed by atoms with Crippen molar-refractivity contribution in [3.05, 3.63) is 130 Å². The molecule has 2 fully saturated rings. The summed E-state index contributed by atoms with van der Waals surface area (Å²) in [5.74, 6) is -7.25. The number of hydrogen-bond donors (Lipinski definition) is 14. The molecule has 430 valence electrons. The van der Waals surface area contributed by atoms with E-state index < -0.39 is 114 Å². The number of nitrogens with one attached hydrogen (secondary N) is 7. The average molecular weight is 1160 g/mol. The number of amides is 8. The lowest BCUT2D eigenvalue weighted by Crippen LogP contribution is -2.62. The molecule has 11 atom stereocenters. The molecule has 0 aliphatic carbocycles. The lowest BCUT2D eigenvalue weighted by Gasteiger charge is -2.29. The quantitative estimate of drug-likeness (QED) is 0.0299. The first-order valence-electron chi connectivity index (χ1n) is 25.8. The monoisotopic (exact) mass is 1160 g/mol. The largest absolute Gasteiger partial charge is 0.508 e. The third-order valence-electron chi connectivity index (χ3n) is 13.2. The first kappa shape index (κ1) is 62.2. The van der Waals surface area contributed by atoms with Gasteiger partial charge < -0.3 is 74.9 Å². The Morgan fingerprint density at radius 1 is 0.675 bits per heavy atom. The van der Waals surface area contributed by atoms with Crippen LogP contribution < -0.4 is 60.2 Å². The predicted octanol–water partition coefficient (Wildman–Crippen LogP) is -0.570. The summed E-state index contributed by atoms with van der Waals surface area (Å²) in [6.45, 7) is 1.45. The molecule has 2 saturated heterocycles. The number of aliphatic hydroxyl groups excluding tert-OH is 1. The van der Waals surface area contributed by atoms with Crippen LogP contribution in [0.3, 0.4) is 0 Å². The van der Waals surface area contributed by atoms with E-state index in [-0.39, 0.29) is 60.8 Å². The Kier molecular flexibility index (Phi) is 23.4. The smallest absolute Gasteiger partial charge is 0.248 e. The second kappa shape index (κ2) is 30.0. The number of aliphatic hydroxyl groups is 1. The summed E-state index contributed by atoms with van der Waals surface area (Å²) in [5, 5.41) is 50.7. The second-order valence-electron chi connectivity index (χ2n) is 19.5. The molecule has 80 heavy (non-hydrogen) atoms. The lowest BCUT2D eigenvalue weighted by atomic mass is 10.00. The van der Waals surface area contributed by atoms with Crippen molar-refractivity contribution < 1.29 is 58.4 Å².